The Kier molecular flexibility index (Phi) is 6.46. The van der Waals surface area contributed by atoms with Crippen LogP contribution in [0.15, 0.2) is 18.2 Å². The summed E-state index contributed by atoms with van der Waals surface area (Å²) in [6.45, 7) is 3.56. The van der Waals surface area contributed by atoms with Crippen LogP contribution in [-0.2, 0) is 16.0 Å². The highest BCUT2D eigenvalue weighted by atomic mass is 16.5. The first kappa shape index (κ1) is 18.1. The smallest absolute Gasteiger partial charge is 0.308 e. The summed E-state index contributed by atoms with van der Waals surface area (Å²) in [7, 11) is 1.61. The highest BCUT2D eigenvalue weighted by Crippen LogP contribution is 2.29. The molecular weight excluding hydrogens is 310 g/mol. The maximum absolute atomic E-state index is 11.9. The zero-order chi connectivity index (χ0) is 17.5. The number of rotatable bonds is 9. The van der Waals surface area contributed by atoms with Crippen LogP contribution in [0.1, 0.15) is 31.7 Å². The van der Waals surface area contributed by atoms with E-state index in [-0.39, 0.29) is 12.3 Å². The quantitative estimate of drug-likeness (QED) is 0.701. The summed E-state index contributed by atoms with van der Waals surface area (Å²) in [6.07, 6.45) is 2.80. The molecule has 0 aliphatic carbocycles. The van der Waals surface area contributed by atoms with Gasteiger partial charge in [0.05, 0.1) is 19.6 Å². The summed E-state index contributed by atoms with van der Waals surface area (Å²) in [6, 6.07) is 5.74. The number of carboxylic acids is 1. The molecule has 1 heterocycles. The molecule has 24 heavy (non-hydrogen) atoms. The number of hydrogen-bond acceptors (Lipinski definition) is 4. The van der Waals surface area contributed by atoms with Crippen molar-refractivity contribution in [3.8, 4) is 11.5 Å². The molecule has 0 saturated carbocycles. The Hall–Kier alpha value is -2.24. The van der Waals surface area contributed by atoms with Crippen LogP contribution in [0, 0.1) is 5.92 Å². The van der Waals surface area contributed by atoms with Crippen molar-refractivity contribution in [1.82, 2.24) is 4.90 Å². The molecule has 1 unspecified atom stereocenters. The van der Waals surface area contributed by atoms with Crippen LogP contribution in [-0.4, -0.2) is 48.7 Å². The molecule has 2 rings (SSSR count). The van der Waals surface area contributed by atoms with Gasteiger partial charge >= 0.3 is 5.97 Å². The molecule has 1 amide bonds. The lowest BCUT2D eigenvalue weighted by Gasteiger charge is -2.17. The first-order valence-electron chi connectivity index (χ1n) is 8.35. The fourth-order valence-electron chi connectivity index (χ4n) is 2.73. The maximum atomic E-state index is 11.9. The Morgan fingerprint density at radius 3 is 2.79 bits per heavy atom. The SMILES string of the molecule is CCCCOc1cc(CCN2CC(C(=O)O)CC2=O)ccc1OC. The van der Waals surface area contributed by atoms with Gasteiger partial charge < -0.3 is 19.5 Å². The second-order valence-corrected chi connectivity index (χ2v) is 6.02. The number of aliphatic carboxylic acids is 1. The van der Waals surface area contributed by atoms with Crippen molar-refractivity contribution >= 4 is 11.9 Å². The highest BCUT2D eigenvalue weighted by molar-refractivity contribution is 5.86. The van der Waals surface area contributed by atoms with Gasteiger partial charge in [0.2, 0.25) is 5.91 Å². The number of hydrogen-bond donors (Lipinski definition) is 1. The van der Waals surface area contributed by atoms with Crippen molar-refractivity contribution in [2.45, 2.75) is 32.6 Å². The second-order valence-electron chi connectivity index (χ2n) is 6.02. The number of amides is 1. The van der Waals surface area contributed by atoms with Crippen molar-refractivity contribution in [2.75, 3.05) is 26.8 Å². The highest BCUT2D eigenvalue weighted by Gasteiger charge is 2.33. The number of carbonyl (C=O) groups is 2. The predicted molar refractivity (Wildman–Crippen MR) is 89.4 cm³/mol. The molecule has 0 radical (unpaired) electrons. The fraction of sp³-hybridized carbons (Fsp3) is 0.556. The van der Waals surface area contributed by atoms with Gasteiger partial charge in [-0.3, -0.25) is 9.59 Å². The molecular formula is C18H25NO5. The van der Waals surface area contributed by atoms with Gasteiger partial charge in [0, 0.05) is 19.5 Å². The van der Waals surface area contributed by atoms with Crippen LogP contribution in [0.3, 0.4) is 0 Å². The molecule has 6 heteroatoms. The average molecular weight is 335 g/mol. The minimum atomic E-state index is -0.901. The predicted octanol–water partition coefficient (Wildman–Crippen LogP) is 2.35. The largest absolute Gasteiger partial charge is 0.493 e. The Bertz CT molecular complexity index is 587. The van der Waals surface area contributed by atoms with E-state index in [0.717, 1.165) is 18.4 Å². The van der Waals surface area contributed by atoms with E-state index in [4.69, 9.17) is 14.6 Å². The monoisotopic (exact) mass is 335 g/mol. The molecule has 1 aromatic carbocycles. The van der Waals surface area contributed by atoms with Gasteiger partial charge in [-0.1, -0.05) is 19.4 Å². The normalized spacial score (nSPS) is 17.2. The third kappa shape index (κ3) is 4.63. The van der Waals surface area contributed by atoms with Crippen molar-refractivity contribution in [3.05, 3.63) is 23.8 Å². The zero-order valence-corrected chi connectivity index (χ0v) is 14.3. The van der Waals surface area contributed by atoms with Crippen LogP contribution in [0.2, 0.25) is 0 Å². The summed E-state index contributed by atoms with van der Waals surface area (Å²) in [5, 5.41) is 9.02. The fourth-order valence-corrected chi connectivity index (χ4v) is 2.73. The van der Waals surface area contributed by atoms with E-state index in [2.05, 4.69) is 6.92 Å². The van der Waals surface area contributed by atoms with Crippen molar-refractivity contribution in [1.29, 1.82) is 0 Å². The van der Waals surface area contributed by atoms with Crippen LogP contribution in [0.5, 0.6) is 11.5 Å². The van der Waals surface area contributed by atoms with Crippen molar-refractivity contribution < 1.29 is 24.2 Å². The van der Waals surface area contributed by atoms with Crippen molar-refractivity contribution in [3.63, 3.8) is 0 Å². The number of benzene rings is 1. The number of carbonyl (C=O) groups excluding carboxylic acids is 1. The summed E-state index contributed by atoms with van der Waals surface area (Å²) in [5.74, 6) is -0.170. The van der Waals surface area contributed by atoms with Gasteiger partial charge in [-0.05, 0) is 30.5 Å². The lowest BCUT2D eigenvalue weighted by atomic mass is 10.1. The Morgan fingerprint density at radius 1 is 1.38 bits per heavy atom. The first-order chi connectivity index (χ1) is 11.5. The van der Waals surface area contributed by atoms with E-state index in [1.54, 1.807) is 12.0 Å². The van der Waals surface area contributed by atoms with Crippen LogP contribution >= 0.6 is 0 Å². The van der Waals surface area contributed by atoms with Gasteiger partial charge in [-0.25, -0.2) is 0 Å². The van der Waals surface area contributed by atoms with E-state index >= 15 is 0 Å². The van der Waals surface area contributed by atoms with E-state index in [1.165, 1.54) is 0 Å². The third-order valence-electron chi connectivity index (χ3n) is 4.22. The molecule has 1 aromatic rings. The van der Waals surface area contributed by atoms with E-state index in [0.29, 0.717) is 37.6 Å². The van der Waals surface area contributed by atoms with Crippen LogP contribution in [0.25, 0.3) is 0 Å². The third-order valence-corrected chi connectivity index (χ3v) is 4.22. The molecule has 0 spiro atoms. The molecule has 6 nitrogen and oxygen atoms in total. The molecule has 1 fully saturated rings. The van der Waals surface area contributed by atoms with Crippen LogP contribution < -0.4 is 9.47 Å². The standard InChI is InChI=1S/C18H25NO5/c1-3-4-9-24-16-10-13(5-6-15(16)23-2)7-8-19-12-14(18(21)22)11-17(19)20/h5-6,10,14H,3-4,7-9,11-12H2,1-2H3,(H,21,22). The van der Waals surface area contributed by atoms with Crippen molar-refractivity contribution in [2.24, 2.45) is 5.92 Å². The summed E-state index contributed by atoms with van der Waals surface area (Å²) >= 11 is 0. The maximum Gasteiger partial charge on any atom is 0.308 e. The van der Waals surface area contributed by atoms with Gasteiger partial charge in [0.1, 0.15) is 0 Å². The number of carboxylic acid groups (broad SMARTS) is 1. The molecule has 1 N–H and O–H groups in total. The number of likely N-dealkylation sites (tertiary alicyclic amines) is 1. The average Bonchev–Trinajstić information content (AvgIpc) is 2.94. The molecule has 0 aromatic heterocycles. The van der Waals surface area contributed by atoms with E-state index in [1.807, 2.05) is 18.2 Å². The Balaban J connectivity index is 1.96. The Labute approximate surface area is 142 Å². The lowest BCUT2D eigenvalue weighted by molar-refractivity contribution is -0.141. The first-order valence-corrected chi connectivity index (χ1v) is 8.35. The Morgan fingerprint density at radius 2 is 2.17 bits per heavy atom. The van der Waals surface area contributed by atoms with Gasteiger partial charge in [-0.2, -0.15) is 0 Å². The van der Waals surface area contributed by atoms with Crippen LogP contribution in [0.4, 0.5) is 0 Å². The summed E-state index contributed by atoms with van der Waals surface area (Å²) in [5.41, 5.74) is 1.04. The molecule has 1 aliphatic heterocycles. The van der Waals surface area contributed by atoms with Gasteiger partial charge in [-0.15, -0.1) is 0 Å². The summed E-state index contributed by atoms with van der Waals surface area (Å²) in [4.78, 5) is 24.5. The van der Waals surface area contributed by atoms with E-state index in [9.17, 15) is 9.59 Å². The van der Waals surface area contributed by atoms with E-state index < -0.39 is 11.9 Å². The number of unbranched alkanes of at least 4 members (excludes halogenated alkanes) is 1. The molecule has 132 valence electrons. The lowest BCUT2D eigenvalue weighted by Crippen LogP contribution is -2.28. The number of nitrogens with zero attached hydrogens (tertiary/aromatic N) is 1. The molecule has 1 atom stereocenters. The van der Waals surface area contributed by atoms with Gasteiger partial charge in [0.15, 0.2) is 11.5 Å². The second kappa shape index (κ2) is 8.57. The van der Waals surface area contributed by atoms with Gasteiger partial charge in [0.25, 0.3) is 0 Å². The molecule has 0 bridgehead atoms. The zero-order valence-electron chi connectivity index (χ0n) is 14.3. The minimum Gasteiger partial charge on any atom is -0.493 e. The number of ether oxygens (including phenoxy) is 2. The minimum absolute atomic E-state index is 0.0877. The molecule has 1 aliphatic rings. The topological polar surface area (TPSA) is 76.1 Å². The summed E-state index contributed by atoms with van der Waals surface area (Å²) < 4.78 is 11.1. The number of methoxy groups -OCH3 is 1. The molecule has 1 saturated heterocycles.